The van der Waals surface area contributed by atoms with Crippen LogP contribution >= 0.6 is 0 Å². The number of nitro groups is 1. The van der Waals surface area contributed by atoms with Gasteiger partial charge < -0.3 is 10.6 Å². The van der Waals surface area contributed by atoms with Gasteiger partial charge in [0.05, 0.1) is 10.6 Å². The molecule has 0 radical (unpaired) electrons. The minimum absolute atomic E-state index is 0.0343. The molecule has 0 bridgehead atoms. The molecule has 0 saturated carbocycles. The summed E-state index contributed by atoms with van der Waals surface area (Å²) in [5.74, 6) is 0.465. The molecule has 29 heavy (non-hydrogen) atoms. The molecule has 2 aromatic heterocycles. The first-order chi connectivity index (χ1) is 13.4. The number of nitrogens with zero attached hydrogens (tertiary/aromatic N) is 3. The molecule has 0 fully saturated rings. The van der Waals surface area contributed by atoms with Crippen molar-refractivity contribution in [3.8, 4) is 0 Å². The Kier molecular flexibility index (Phi) is 4.86. The van der Waals surface area contributed by atoms with Crippen LogP contribution in [0.15, 0.2) is 30.5 Å². The van der Waals surface area contributed by atoms with Gasteiger partial charge in [-0.15, -0.1) is 0 Å². The number of H-pyrrole nitrogens is 1. The lowest BCUT2D eigenvalue weighted by atomic mass is 9.91. The van der Waals surface area contributed by atoms with Crippen molar-refractivity contribution in [1.82, 2.24) is 14.6 Å². The van der Waals surface area contributed by atoms with E-state index in [9.17, 15) is 14.9 Å². The highest BCUT2D eigenvalue weighted by Crippen LogP contribution is 2.32. The van der Waals surface area contributed by atoms with Crippen LogP contribution in [0.25, 0.3) is 5.65 Å². The molecule has 9 nitrogen and oxygen atoms in total. The lowest BCUT2D eigenvalue weighted by molar-refractivity contribution is -0.384. The van der Waals surface area contributed by atoms with E-state index in [1.54, 1.807) is 10.7 Å². The van der Waals surface area contributed by atoms with E-state index >= 15 is 0 Å². The lowest BCUT2D eigenvalue weighted by Crippen LogP contribution is -2.29. The average Bonchev–Trinajstić information content (AvgIpc) is 3.14. The number of amides is 1. The SMILES string of the molecule is CC(C)(C)Nc1c(C(C)(C)C)nc2c(C(=O)Nc3ccc([N+](=O)[O-])cc3)c[nH]n12. The smallest absolute Gasteiger partial charge is 0.269 e. The molecule has 3 aromatic rings. The number of hydrogen-bond donors (Lipinski definition) is 3. The summed E-state index contributed by atoms with van der Waals surface area (Å²) in [6, 6.07) is 5.69. The quantitative estimate of drug-likeness (QED) is 0.447. The van der Waals surface area contributed by atoms with Crippen LogP contribution < -0.4 is 10.6 Å². The first kappa shape index (κ1) is 20.4. The van der Waals surface area contributed by atoms with Gasteiger partial charge in [0, 0.05) is 35.0 Å². The van der Waals surface area contributed by atoms with Crippen LogP contribution in [-0.2, 0) is 5.41 Å². The molecule has 1 aromatic carbocycles. The van der Waals surface area contributed by atoms with Crippen LogP contribution in [0, 0.1) is 10.1 Å². The number of imidazole rings is 1. The fraction of sp³-hybridized carbons (Fsp3) is 0.400. The Hall–Kier alpha value is -3.36. The monoisotopic (exact) mass is 398 g/mol. The van der Waals surface area contributed by atoms with E-state index in [0.29, 0.717) is 16.9 Å². The van der Waals surface area contributed by atoms with Gasteiger partial charge in [-0.05, 0) is 32.9 Å². The number of rotatable bonds is 4. The molecular formula is C20H26N6O3. The zero-order valence-electron chi connectivity index (χ0n) is 17.5. The number of anilines is 2. The third kappa shape index (κ3) is 4.23. The van der Waals surface area contributed by atoms with E-state index < -0.39 is 4.92 Å². The highest BCUT2D eigenvalue weighted by Gasteiger charge is 2.29. The number of fused-ring (bicyclic) bond motifs is 1. The normalized spacial score (nSPS) is 12.2. The van der Waals surface area contributed by atoms with Crippen molar-refractivity contribution in [2.45, 2.75) is 52.5 Å². The zero-order valence-corrected chi connectivity index (χ0v) is 17.5. The molecule has 1 amide bonds. The number of benzene rings is 1. The van der Waals surface area contributed by atoms with Gasteiger partial charge in [0.25, 0.3) is 11.6 Å². The molecule has 2 heterocycles. The molecule has 0 spiro atoms. The Bertz CT molecular complexity index is 1060. The molecule has 3 rings (SSSR count). The van der Waals surface area contributed by atoms with Crippen molar-refractivity contribution in [2.75, 3.05) is 10.6 Å². The molecular weight excluding hydrogens is 372 g/mol. The van der Waals surface area contributed by atoms with E-state index in [2.05, 4.69) is 57.3 Å². The summed E-state index contributed by atoms with van der Waals surface area (Å²) in [5, 5.41) is 20.1. The number of nitrogens with one attached hydrogen (secondary N) is 3. The van der Waals surface area contributed by atoms with Gasteiger partial charge in [-0.2, -0.15) is 0 Å². The molecule has 154 valence electrons. The second kappa shape index (κ2) is 6.91. The van der Waals surface area contributed by atoms with Crippen LogP contribution in [-0.4, -0.2) is 31.0 Å². The van der Waals surface area contributed by atoms with E-state index in [1.165, 1.54) is 24.3 Å². The number of nitro benzene ring substituents is 1. The summed E-state index contributed by atoms with van der Waals surface area (Å²) >= 11 is 0. The van der Waals surface area contributed by atoms with Gasteiger partial charge in [-0.1, -0.05) is 20.8 Å². The van der Waals surface area contributed by atoms with Crippen molar-refractivity contribution in [3.05, 3.63) is 51.8 Å². The highest BCUT2D eigenvalue weighted by atomic mass is 16.6. The van der Waals surface area contributed by atoms with Crippen LogP contribution in [0.4, 0.5) is 17.2 Å². The Morgan fingerprint density at radius 2 is 1.76 bits per heavy atom. The van der Waals surface area contributed by atoms with E-state index in [4.69, 9.17) is 4.98 Å². The Labute approximate surface area is 168 Å². The third-order valence-corrected chi connectivity index (χ3v) is 4.24. The number of hydrogen-bond acceptors (Lipinski definition) is 5. The molecule has 0 aliphatic carbocycles. The highest BCUT2D eigenvalue weighted by molar-refractivity contribution is 6.08. The molecule has 3 N–H and O–H groups in total. The van der Waals surface area contributed by atoms with Crippen molar-refractivity contribution in [3.63, 3.8) is 0 Å². The van der Waals surface area contributed by atoms with E-state index in [-0.39, 0.29) is 22.5 Å². The van der Waals surface area contributed by atoms with E-state index in [1.807, 2.05) is 0 Å². The molecule has 9 heteroatoms. The van der Waals surface area contributed by atoms with Gasteiger partial charge in [-0.3, -0.25) is 20.0 Å². The maximum Gasteiger partial charge on any atom is 0.269 e. The summed E-state index contributed by atoms with van der Waals surface area (Å²) < 4.78 is 1.77. The molecule has 0 aliphatic rings. The number of aromatic amines is 1. The Balaban J connectivity index is 1.97. The predicted molar refractivity (Wildman–Crippen MR) is 113 cm³/mol. The summed E-state index contributed by atoms with van der Waals surface area (Å²) in [6.07, 6.45) is 1.60. The predicted octanol–water partition coefficient (Wildman–Crippen LogP) is 4.33. The Morgan fingerprint density at radius 3 is 2.28 bits per heavy atom. The van der Waals surface area contributed by atoms with Crippen LogP contribution in [0.5, 0.6) is 0 Å². The van der Waals surface area contributed by atoms with Gasteiger partial charge in [0.1, 0.15) is 5.56 Å². The standard InChI is InChI=1S/C20H26N6O3/c1-19(2,3)15-17(24-20(4,5)6)25-16(23-15)14(11-21-25)18(27)22-12-7-9-13(10-8-12)26(28)29/h7-11,21,24H,1-6H3,(H,22,27). The van der Waals surface area contributed by atoms with Crippen molar-refractivity contribution < 1.29 is 9.72 Å². The van der Waals surface area contributed by atoms with Gasteiger partial charge in [0.2, 0.25) is 0 Å². The molecule has 0 aliphatic heterocycles. The van der Waals surface area contributed by atoms with E-state index in [0.717, 1.165) is 11.5 Å². The van der Waals surface area contributed by atoms with Crippen LogP contribution in [0.1, 0.15) is 57.6 Å². The van der Waals surface area contributed by atoms with Gasteiger partial charge >= 0.3 is 0 Å². The first-order valence-electron chi connectivity index (χ1n) is 9.31. The summed E-state index contributed by atoms with van der Waals surface area (Å²) in [7, 11) is 0. The minimum Gasteiger partial charge on any atom is -0.364 e. The zero-order chi connectivity index (χ0) is 21.6. The molecule has 0 atom stereocenters. The fourth-order valence-corrected chi connectivity index (χ4v) is 2.95. The van der Waals surface area contributed by atoms with Gasteiger partial charge in [0.15, 0.2) is 11.5 Å². The number of carbonyl (C=O) groups is 1. The van der Waals surface area contributed by atoms with Crippen molar-refractivity contribution in [2.24, 2.45) is 0 Å². The summed E-state index contributed by atoms with van der Waals surface area (Å²) in [6.45, 7) is 12.4. The number of non-ortho nitro benzene ring substituents is 1. The van der Waals surface area contributed by atoms with Crippen molar-refractivity contribution in [1.29, 1.82) is 0 Å². The molecule has 0 unspecified atom stereocenters. The van der Waals surface area contributed by atoms with Crippen LogP contribution in [0.2, 0.25) is 0 Å². The summed E-state index contributed by atoms with van der Waals surface area (Å²) in [5.41, 5.74) is 1.76. The maximum atomic E-state index is 12.8. The van der Waals surface area contributed by atoms with Gasteiger partial charge in [-0.25, -0.2) is 9.50 Å². The molecule has 0 saturated heterocycles. The summed E-state index contributed by atoms with van der Waals surface area (Å²) in [4.78, 5) is 27.9. The largest absolute Gasteiger partial charge is 0.364 e. The average molecular weight is 398 g/mol. The lowest BCUT2D eigenvalue weighted by Gasteiger charge is -2.25. The topological polar surface area (TPSA) is 117 Å². The number of aromatic nitrogens is 3. The number of carbonyl (C=O) groups excluding carboxylic acids is 1. The first-order valence-corrected chi connectivity index (χ1v) is 9.31. The minimum atomic E-state index is -0.483. The maximum absolute atomic E-state index is 12.8. The fourth-order valence-electron chi connectivity index (χ4n) is 2.95. The Morgan fingerprint density at radius 1 is 1.14 bits per heavy atom. The van der Waals surface area contributed by atoms with Crippen LogP contribution in [0.3, 0.4) is 0 Å². The second-order valence-corrected chi connectivity index (χ2v) is 9.04. The van der Waals surface area contributed by atoms with Crippen molar-refractivity contribution >= 4 is 28.7 Å². The third-order valence-electron chi connectivity index (χ3n) is 4.24. The second-order valence-electron chi connectivity index (χ2n) is 9.04.